The highest BCUT2D eigenvalue weighted by molar-refractivity contribution is 7.91. The summed E-state index contributed by atoms with van der Waals surface area (Å²) in [7, 11) is -3.39. The van der Waals surface area contributed by atoms with Crippen molar-refractivity contribution in [2.45, 2.75) is 4.21 Å². The lowest BCUT2D eigenvalue weighted by atomic mass is 10.3. The molecule has 0 radical (unpaired) electrons. The molecular weight excluding hydrogens is 384 g/mol. The number of piperazine rings is 1. The third-order valence-electron chi connectivity index (χ3n) is 4.24. The number of nitrogens with one attached hydrogen (secondary N) is 1. The summed E-state index contributed by atoms with van der Waals surface area (Å²) in [6.45, 7) is 2.01. The van der Waals surface area contributed by atoms with Gasteiger partial charge in [0.15, 0.2) is 11.6 Å². The molecule has 0 amide bonds. The molecule has 1 aliphatic heterocycles. The highest BCUT2D eigenvalue weighted by Crippen LogP contribution is 2.23. The zero-order chi connectivity index (χ0) is 18.7. The third kappa shape index (κ3) is 3.92. The van der Waals surface area contributed by atoms with Gasteiger partial charge in [-0.05, 0) is 35.7 Å². The molecular formula is C17H18N6O2S2. The summed E-state index contributed by atoms with van der Waals surface area (Å²) >= 11 is 1.25. The number of anilines is 3. The van der Waals surface area contributed by atoms with Gasteiger partial charge in [0, 0.05) is 32.4 Å². The molecule has 0 spiro atoms. The second-order valence-corrected chi connectivity index (χ2v) is 9.08. The van der Waals surface area contributed by atoms with E-state index in [-0.39, 0.29) is 0 Å². The van der Waals surface area contributed by atoms with E-state index in [1.807, 2.05) is 29.2 Å². The summed E-state index contributed by atoms with van der Waals surface area (Å²) in [5, 5.41) is 13.4. The maximum absolute atomic E-state index is 12.6. The van der Waals surface area contributed by atoms with Crippen molar-refractivity contribution in [3.63, 3.8) is 0 Å². The summed E-state index contributed by atoms with van der Waals surface area (Å²) in [4.78, 5) is 6.09. The fourth-order valence-electron chi connectivity index (χ4n) is 2.84. The summed E-state index contributed by atoms with van der Waals surface area (Å²) in [5.41, 5.74) is 0.840. The lowest BCUT2D eigenvalue weighted by molar-refractivity contribution is 0.384. The van der Waals surface area contributed by atoms with E-state index >= 15 is 0 Å². The van der Waals surface area contributed by atoms with E-state index in [4.69, 9.17) is 0 Å². The first-order valence-electron chi connectivity index (χ1n) is 8.42. The maximum atomic E-state index is 12.6. The van der Waals surface area contributed by atoms with Gasteiger partial charge in [0.1, 0.15) is 4.21 Å². The first kappa shape index (κ1) is 17.8. The molecule has 10 heteroatoms. The first-order chi connectivity index (χ1) is 13.1. The van der Waals surface area contributed by atoms with Crippen molar-refractivity contribution in [3.05, 3.63) is 54.2 Å². The molecule has 0 saturated carbocycles. The number of nitrogens with zero attached hydrogens (tertiary/aromatic N) is 5. The van der Waals surface area contributed by atoms with Gasteiger partial charge in [0.05, 0.1) is 11.9 Å². The normalized spacial score (nSPS) is 15.6. The molecule has 3 aromatic rings. The summed E-state index contributed by atoms with van der Waals surface area (Å²) in [6, 6.07) is 10.9. The van der Waals surface area contributed by atoms with Crippen molar-refractivity contribution >= 4 is 38.7 Å². The second kappa shape index (κ2) is 7.59. The van der Waals surface area contributed by atoms with E-state index < -0.39 is 10.0 Å². The van der Waals surface area contributed by atoms with Crippen LogP contribution in [-0.2, 0) is 10.0 Å². The number of sulfonamides is 1. The summed E-state index contributed by atoms with van der Waals surface area (Å²) in [5.74, 6) is 1.37. The van der Waals surface area contributed by atoms with Gasteiger partial charge < -0.3 is 10.2 Å². The lowest BCUT2D eigenvalue weighted by Crippen LogP contribution is -2.48. The Morgan fingerprint density at radius 2 is 1.85 bits per heavy atom. The van der Waals surface area contributed by atoms with Gasteiger partial charge in [-0.2, -0.15) is 4.31 Å². The Morgan fingerprint density at radius 3 is 2.48 bits per heavy atom. The molecule has 0 atom stereocenters. The molecule has 4 heterocycles. The van der Waals surface area contributed by atoms with E-state index in [1.165, 1.54) is 15.6 Å². The summed E-state index contributed by atoms with van der Waals surface area (Å²) < 4.78 is 27.1. The molecule has 3 aromatic heterocycles. The van der Waals surface area contributed by atoms with E-state index in [0.29, 0.717) is 36.2 Å². The van der Waals surface area contributed by atoms with Crippen molar-refractivity contribution in [1.29, 1.82) is 0 Å². The van der Waals surface area contributed by atoms with Crippen molar-refractivity contribution in [2.24, 2.45) is 0 Å². The molecule has 1 fully saturated rings. The standard InChI is InChI=1S/C17H18N6O2S2/c24-27(25,17-4-2-12-26-17)23-10-8-22(9-11-23)16-6-5-15(20-21-16)19-14-3-1-7-18-13-14/h1-7,12-13H,8-11H2,(H,19,20). The number of pyridine rings is 1. The Labute approximate surface area is 161 Å². The van der Waals surface area contributed by atoms with E-state index in [1.54, 1.807) is 29.9 Å². The quantitative estimate of drug-likeness (QED) is 0.699. The number of hydrogen-bond donors (Lipinski definition) is 1. The predicted molar refractivity (Wildman–Crippen MR) is 105 cm³/mol. The van der Waals surface area contributed by atoms with Crippen molar-refractivity contribution in [3.8, 4) is 0 Å². The average molecular weight is 403 g/mol. The number of rotatable bonds is 5. The number of hydrogen-bond acceptors (Lipinski definition) is 8. The molecule has 140 valence electrons. The zero-order valence-electron chi connectivity index (χ0n) is 14.4. The Hall–Kier alpha value is -2.56. The van der Waals surface area contributed by atoms with Crippen LogP contribution in [0.4, 0.5) is 17.3 Å². The molecule has 0 unspecified atom stereocenters. The second-order valence-electron chi connectivity index (χ2n) is 5.97. The molecule has 0 bridgehead atoms. The largest absolute Gasteiger partial charge is 0.352 e. The van der Waals surface area contributed by atoms with Crippen LogP contribution in [0, 0.1) is 0 Å². The highest BCUT2D eigenvalue weighted by Gasteiger charge is 2.29. The van der Waals surface area contributed by atoms with Crippen LogP contribution in [0.25, 0.3) is 0 Å². The van der Waals surface area contributed by atoms with E-state index in [9.17, 15) is 8.42 Å². The van der Waals surface area contributed by atoms with Crippen LogP contribution in [0.3, 0.4) is 0 Å². The van der Waals surface area contributed by atoms with Crippen molar-refractivity contribution in [2.75, 3.05) is 36.4 Å². The van der Waals surface area contributed by atoms with Crippen LogP contribution < -0.4 is 10.2 Å². The van der Waals surface area contributed by atoms with Crippen LogP contribution in [-0.4, -0.2) is 54.1 Å². The molecule has 27 heavy (non-hydrogen) atoms. The van der Waals surface area contributed by atoms with E-state index in [2.05, 4.69) is 20.5 Å². The Kier molecular flexibility index (Phi) is 5.01. The topological polar surface area (TPSA) is 91.3 Å². The Morgan fingerprint density at radius 1 is 1.00 bits per heavy atom. The molecule has 1 saturated heterocycles. The minimum atomic E-state index is -3.39. The zero-order valence-corrected chi connectivity index (χ0v) is 16.0. The van der Waals surface area contributed by atoms with Gasteiger partial charge in [0.2, 0.25) is 0 Å². The smallest absolute Gasteiger partial charge is 0.252 e. The average Bonchev–Trinajstić information content (AvgIpc) is 3.25. The van der Waals surface area contributed by atoms with Crippen LogP contribution in [0.2, 0.25) is 0 Å². The lowest BCUT2D eigenvalue weighted by Gasteiger charge is -2.34. The minimum Gasteiger partial charge on any atom is -0.352 e. The number of aromatic nitrogens is 3. The SMILES string of the molecule is O=S(=O)(c1cccs1)N1CCN(c2ccc(Nc3cccnc3)nn2)CC1. The van der Waals surface area contributed by atoms with Crippen LogP contribution in [0.15, 0.2) is 58.4 Å². The van der Waals surface area contributed by atoms with Gasteiger partial charge in [-0.25, -0.2) is 8.42 Å². The predicted octanol–water partition coefficient (Wildman–Crippen LogP) is 2.19. The number of thiophene rings is 1. The first-order valence-corrected chi connectivity index (χ1v) is 10.7. The van der Waals surface area contributed by atoms with Crippen LogP contribution in [0.1, 0.15) is 0 Å². The van der Waals surface area contributed by atoms with Gasteiger partial charge in [-0.3, -0.25) is 4.98 Å². The van der Waals surface area contributed by atoms with Crippen LogP contribution >= 0.6 is 11.3 Å². The van der Waals surface area contributed by atoms with Gasteiger partial charge in [-0.15, -0.1) is 21.5 Å². The van der Waals surface area contributed by atoms with Crippen molar-refractivity contribution < 1.29 is 8.42 Å². The molecule has 1 N–H and O–H groups in total. The third-order valence-corrected chi connectivity index (χ3v) is 7.51. The fourth-order valence-corrected chi connectivity index (χ4v) is 5.41. The summed E-state index contributed by atoms with van der Waals surface area (Å²) in [6.07, 6.45) is 3.42. The van der Waals surface area contributed by atoms with Gasteiger partial charge in [0.25, 0.3) is 10.0 Å². The van der Waals surface area contributed by atoms with Crippen LogP contribution in [0.5, 0.6) is 0 Å². The molecule has 4 rings (SSSR count). The maximum Gasteiger partial charge on any atom is 0.252 e. The minimum absolute atomic E-state index is 0.390. The van der Waals surface area contributed by atoms with Crippen molar-refractivity contribution in [1.82, 2.24) is 19.5 Å². The fraction of sp³-hybridized carbons (Fsp3) is 0.235. The van der Waals surface area contributed by atoms with Gasteiger partial charge in [-0.1, -0.05) is 6.07 Å². The molecule has 0 aliphatic carbocycles. The highest BCUT2D eigenvalue weighted by atomic mass is 32.2. The van der Waals surface area contributed by atoms with Gasteiger partial charge >= 0.3 is 0 Å². The van der Waals surface area contributed by atoms with E-state index in [0.717, 1.165) is 11.5 Å². The molecule has 0 aromatic carbocycles. The molecule has 8 nitrogen and oxygen atoms in total. The Balaban J connectivity index is 1.38. The Bertz CT molecular complexity index is 970. The molecule has 1 aliphatic rings. The monoisotopic (exact) mass is 402 g/mol.